The van der Waals surface area contributed by atoms with Crippen LogP contribution < -0.4 is 19.3 Å². The van der Waals surface area contributed by atoms with E-state index in [1.807, 2.05) is 42.5 Å². The first-order valence-electron chi connectivity index (χ1n) is 20.1. The van der Waals surface area contributed by atoms with E-state index in [0.29, 0.717) is 13.2 Å². The van der Waals surface area contributed by atoms with Crippen LogP contribution in [0.2, 0.25) is 0 Å². The Morgan fingerprint density at radius 3 is 1.34 bits per heavy atom. The number of anilines is 6. The Morgan fingerprint density at radius 1 is 0.390 bits per heavy atom. The summed E-state index contributed by atoms with van der Waals surface area (Å²) in [4.78, 5) is 4.67. The molecule has 0 aliphatic heterocycles. The third-order valence-electron chi connectivity index (χ3n) is 10.6. The molecule has 286 valence electrons. The average Bonchev–Trinajstić information content (AvgIpc) is 3.30. The lowest BCUT2D eigenvalue weighted by Gasteiger charge is -2.27. The van der Waals surface area contributed by atoms with Crippen molar-refractivity contribution in [3.05, 3.63) is 231 Å². The molecule has 0 fully saturated rings. The molecule has 4 nitrogen and oxygen atoms in total. The summed E-state index contributed by atoms with van der Waals surface area (Å²) in [5.74, 6) is 1.66. The number of hydrogen-bond acceptors (Lipinski definition) is 4. The largest absolute Gasteiger partial charge is 0.493 e. The van der Waals surface area contributed by atoms with E-state index >= 15 is 0 Å². The van der Waals surface area contributed by atoms with E-state index < -0.39 is 0 Å². The molecule has 0 N–H and O–H groups in total. The van der Waals surface area contributed by atoms with Crippen molar-refractivity contribution in [2.75, 3.05) is 16.4 Å². The maximum absolute atomic E-state index is 6.23. The average molecular weight is 765 g/mol. The Balaban J connectivity index is 0.990. The highest BCUT2D eigenvalue weighted by molar-refractivity contribution is 6.00. The molecule has 9 rings (SSSR count). The van der Waals surface area contributed by atoms with Gasteiger partial charge in [0.25, 0.3) is 0 Å². The molecule has 9 aromatic carbocycles. The van der Waals surface area contributed by atoms with Crippen LogP contribution in [0.5, 0.6) is 11.5 Å². The number of ether oxygens (including phenoxy) is 2. The summed E-state index contributed by atoms with van der Waals surface area (Å²) in [6.07, 6.45) is 2.68. The molecule has 0 radical (unpaired) electrons. The lowest BCUT2D eigenvalue weighted by atomic mass is 10.0. The van der Waals surface area contributed by atoms with Crippen LogP contribution in [0.4, 0.5) is 34.1 Å². The Hall–Kier alpha value is -7.56. The summed E-state index contributed by atoms with van der Waals surface area (Å²) in [5.41, 5.74) is 9.96. The highest BCUT2D eigenvalue weighted by Crippen LogP contribution is 2.42. The molecular weight excluding hydrogens is 721 g/mol. The van der Waals surface area contributed by atoms with E-state index in [-0.39, 0.29) is 0 Å². The summed E-state index contributed by atoms with van der Waals surface area (Å²) >= 11 is 0. The number of nitrogens with zero attached hydrogens (tertiary/aromatic N) is 2. The minimum Gasteiger partial charge on any atom is -0.493 e. The van der Waals surface area contributed by atoms with Crippen molar-refractivity contribution >= 4 is 55.7 Å². The first-order chi connectivity index (χ1) is 29.2. The highest BCUT2D eigenvalue weighted by Gasteiger charge is 2.18. The SMILES string of the molecule is C=CCCOc1ccc(COc2ccc(N(c3ccc(-c4ccc(N(c5ccccc5)c5cccc6ccccc56)cc4)cc3)c3cccc4ccccc34)cc2)cc1. The number of benzene rings is 9. The predicted octanol–water partition coefficient (Wildman–Crippen LogP) is 15.1. The normalized spacial score (nSPS) is 11.0. The standard InChI is InChI=1S/C55H44N2O2/c1-2-3-39-58-50-35-23-41(24-36-50)40-59-51-37-33-49(34-38-51)57(55-22-12-16-45-14-8-10-20-53(45)55)48-31-27-43(28-32-48)42-25-29-47(30-26-42)56(46-17-5-4-6-18-46)54-21-11-15-44-13-7-9-19-52(44)54/h2,4-38H,1,3,39-40H2. The van der Waals surface area contributed by atoms with Crippen LogP contribution >= 0.6 is 0 Å². The molecule has 0 aliphatic carbocycles. The zero-order valence-corrected chi connectivity index (χ0v) is 32.8. The summed E-state index contributed by atoms with van der Waals surface area (Å²) in [6.45, 7) is 4.85. The molecule has 0 amide bonds. The molecule has 0 saturated carbocycles. The summed E-state index contributed by atoms with van der Waals surface area (Å²) in [6, 6.07) is 74.9. The van der Waals surface area contributed by atoms with Gasteiger partial charge in [-0.25, -0.2) is 0 Å². The lowest BCUT2D eigenvalue weighted by Crippen LogP contribution is -2.10. The smallest absolute Gasteiger partial charge is 0.119 e. The highest BCUT2D eigenvalue weighted by atomic mass is 16.5. The van der Waals surface area contributed by atoms with Crippen molar-refractivity contribution in [3.63, 3.8) is 0 Å². The molecule has 9 aromatic rings. The van der Waals surface area contributed by atoms with Gasteiger partial charge in [0.15, 0.2) is 0 Å². The zero-order valence-electron chi connectivity index (χ0n) is 32.8. The summed E-state index contributed by atoms with van der Waals surface area (Å²) in [5, 5.41) is 4.80. The molecule has 0 atom stereocenters. The predicted molar refractivity (Wildman–Crippen MR) is 247 cm³/mol. The second-order valence-electron chi connectivity index (χ2n) is 14.4. The van der Waals surface area contributed by atoms with Crippen molar-refractivity contribution in [2.45, 2.75) is 13.0 Å². The molecule has 0 saturated heterocycles. The van der Waals surface area contributed by atoms with E-state index in [9.17, 15) is 0 Å². The molecule has 0 unspecified atom stereocenters. The van der Waals surface area contributed by atoms with E-state index in [1.165, 1.54) is 21.5 Å². The van der Waals surface area contributed by atoms with E-state index in [2.05, 4.69) is 192 Å². The van der Waals surface area contributed by atoms with Gasteiger partial charge in [0.05, 0.1) is 18.0 Å². The van der Waals surface area contributed by atoms with Crippen molar-refractivity contribution in [2.24, 2.45) is 0 Å². The minimum atomic E-state index is 0.467. The fraction of sp³-hybridized carbons (Fsp3) is 0.0545. The van der Waals surface area contributed by atoms with Gasteiger partial charge in [0, 0.05) is 33.5 Å². The fourth-order valence-electron chi connectivity index (χ4n) is 7.64. The third kappa shape index (κ3) is 8.16. The first kappa shape index (κ1) is 37.0. The van der Waals surface area contributed by atoms with Crippen LogP contribution in [-0.2, 0) is 6.61 Å². The lowest BCUT2D eigenvalue weighted by molar-refractivity contribution is 0.305. The quantitative estimate of drug-likeness (QED) is 0.0813. The second kappa shape index (κ2) is 17.3. The number of fused-ring (bicyclic) bond motifs is 2. The van der Waals surface area contributed by atoms with Gasteiger partial charge in [-0.2, -0.15) is 0 Å². The Bertz CT molecular complexity index is 2790. The number of hydrogen-bond donors (Lipinski definition) is 0. The molecule has 0 heterocycles. The van der Waals surface area contributed by atoms with E-state index in [0.717, 1.165) is 68.7 Å². The van der Waals surface area contributed by atoms with Crippen molar-refractivity contribution in [3.8, 4) is 22.6 Å². The van der Waals surface area contributed by atoms with Crippen LogP contribution in [0.3, 0.4) is 0 Å². The van der Waals surface area contributed by atoms with Gasteiger partial charge < -0.3 is 19.3 Å². The molecule has 4 heteroatoms. The molecule has 0 aliphatic rings. The fourth-order valence-corrected chi connectivity index (χ4v) is 7.64. The van der Waals surface area contributed by atoms with Gasteiger partial charge in [-0.3, -0.25) is 0 Å². The van der Waals surface area contributed by atoms with Crippen molar-refractivity contribution in [1.82, 2.24) is 0 Å². The van der Waals surface area contributed by atoms with Gasteiger partial charge >= 0.3 is 0 Å². The molecule has 0 bridgehead atoms. The van der Waals surface area contributed by atoms with Crippen LogP contribution in [0.1, 0.15) is 12.0 Å². The Kier molecular flexibility index (Phi) is 10.9. The molecular formula is C55H44N2O2. The van der Waals surface area contributed by atoms with Gasteiger partial charge in [-0.05, 0) is 119 Å². The third-order valence-corrected chi connectivity index (χ3v) is 10.6. The Labute approximate surface area is 346 Å². The van der Waals surface area contributed by atoms with Crippen LogP contribution in [0.25, 0.3) is 32.7 Å². The van der Waals surface area contributed by atoms with Gasteiger partial charge in [-0.15, -0.1) is 6.58 Å². The number of rotatable bonds is 14. The Morgan fingerprint density at radius 2 is 0.814 bits per heavy atom. The molecule has 0 spiro atoms. The van der Waals surface area contributed by atoms with Crippen LogP contribution in [0, 0.1) is 0 Å². The van der Waals surface area contributed by atoms with Crippen LogP contribution in [0.15, 0.2) is 225 Å². The van der Waals surface area contributed by atoms with Gasteiger partial charge in [0.2, 0.25) is 0 Å². The molecule has 0 aromatic heterocycles. The zero-order chi connectivity index (χ0) is 39.8. The van der Waals surface area contributed by atoms with Gasteiger partial charge in [-0.1, -0.05) is 133 Å². The summed E-state index contributed by atoms with van der Waals surface area (Å²) in [7, 11) is 0. The van der Waals surface area contributed by atoms with E-state index in [4.69, 9.17) is 9.47 Å². The number of para-hydroxylation sites is 1. The van der Waals surface area contributed by atoms with Crippen molar-refractivity contribution < 1.29 is 9.47 Å². The van der Waals surface area contributed by atoms with Crippen molar-refractivity contribution in [1.29, 1.82) is 0 Å². The second-order valence-corrected chi connectivity index (χ2v) is 14.4. The molecule has 59 heavy (non-hydrogen) atoms. The topological polar surface area (TPSA) is 24.9 Å². The maximum Gasteiger partial charge on any atom is 0.119 e. The maximum atomic E-state index is 6.23. The first-order valence-corrected chi connectivity index (χ1v) is 20.1. The van der Waals surface area contributed by atoms with Crippen LogP contribution in [-0.4, -0.2) is 6.61 Å². The minimum absolute atomic E-state index is 0.467. The monoisotopic (exact) mass is 764 g/mol. The summed E-state index contributed by atoms with van der Waals surface area (Å²) < 4.78 is 12.0. The van der Waals surface area contributed by atoms with Gasteiger partial charge in [0.1, 0.15) is 18.1 Å². The van der Waals surface area contributed by atoms with E-state index in [1.54, 1.807) is 0 Å².